The highest BCUT2D eigenvalue weighted by atomic mass is 19.4. The Morgan fingerprint density at radius 3 is 2.56 bits per heavy atom. The van der Waals surface area contributed by atoms with Crippen LogP contribution in [0.1, 0.15) is 23.6 Å². The molecule has 3 rings (SSSR count). The van der Waals surface area contributed by atoms with Crippen molar-refractivity contribution in [3.05, 3.63) is 59.2 Å². The lowest BCUT2D eigenvalue weighted by Crippen LogP contribution is -2.33. The van der Waals surface area contributed by atoms with E-state index in [9.17, 15) is 13.2 Å². The Labute approximate surface area is 143 Å². The van der Waals surface area contributed by atoms with Crippen LogP contribution in [0.2, 0.25) is 0 Å². The minimum Gasteiger partial charge on any atom is -0.481 e. The maximum absolute atomic E-state index is 12.7. The molecule has 0 radical (unpaired) electrons. The van der Waals surface area contributed by atoms with Gasteiger partial charge in [0.1, 0.15) is 17.3 Å². The van der Waals surface area contributed by atoms with Crippen molar-refractivity contribution in [2.24, 2.45) is 10.7 Å². The number of aliphatic imine (C=N–C) groups is 1. The average Bonchev–Trinajstić information content (AvgIpc) is 2.56. The number of hydrogen-bond acceptors (Lipinski definition) is 4. The van der Waals surface area contributed by atoms with E-state index in [4.69, 9.17) is 10.5 Å². The molecule has 0 aliphatic carbocycles. The lowest BCUT2D eigenvalue weighted by Gasteiger charge is -2.21. The maximum Gasteiger partial charge on any atom is 0.416 e. The third kappa shape index (κ3) is 4.11. The fourth-order valence-electron chi connectivity index (χ4n) is 2.55. The molecule has 7 heteroatoms. The smallest absolute Gasteiger partial charge is 0.416 e. The Bertz CT molecular complexity index is 802. The summed E-state index contributed by atoms with van der Waals surface area (Å²) in [4.78, 5) is 4.31. The van der Waals surface area contributed by atoms with Crippen LogP contribution < -0.4 is 15.8 Å². The van der Waals surface area contributed by atoms with Gasteiger partial charge < -0.3 is 15.8 Å². The van der Waals surface area contributed by atoms with Gasteiger partial charge in [-0.2, -0.15) is 13.2 Å². The summed E-state index contributed by atoms with van der Waals surface area (Å²) in [7, 11) is 0. The van der Waals surface area contributed by atoms with Crippen molar-refractivity contribution >= 4 is 11.5 Å². The first-order chi connectivity index (χ1) is 11.8. The van der Waals surface area contributed by atoms with Gasteiger partial charge in [-0.25, -0.2) is 4.99 Å². The molecule has 1 atom stereocenters. The molecule has 4 nitrogen and oxygen atoms in total. The SMILES string of the molecule is CC1Oc2ccc(CNCc3cccc(C(F)(F)F)c3)cc2N=C1N. The second kappa shape index (κ2) is 6.76. The number of nitrogens with two attached hydrogens (primary N) is 1. The molecule has 0 fully saturated rings. The molecule has 0 spiro atoms. The normalized spacial score (nSPS) is 16.8. The summed E-state index contributed by atoms with van der Waals surface area (Å²) >= 11 is 0. The highest BCUT2D eigenvalue weighted by Gasteiger charge is 2.30. The molecule has 2 aromatic carbocycles. The molecule has 1 aliphatic rings. The zero-order chi connectivity index (χ0) is 18.0. The number of rotatable bonds is 4. The van der Waals surface area contributed by atoms with E-state index < -0.39 is 11.7 Å². The van der Waals surface area contributed by atoms with E-state index in [0.29, 0.717) is 35.9 Å². The number of nitrogens with zero attached hydrogens (tertiary/aromatic N) is 1. The van der Waals surface area contributed by atoms with E-state index in [1.807, 2.05) is 25.1 Å². The first kappa shape index (κ1) is 17.3. The van der Waals surface area contributed by atoms with Gasteiger partial charge in [-0.15, -0.1) is 0 Å². The van der Waals surface area contributed by atoms with Gasteiger partial charge >= 0.3 is 6.18 Å². The molecule has 1 aliphatic heterocycles. The number of fused-ring (bicyclic) bond motifs is 1. The van der Waals surface area contributed by atoms with Crippen molar-refractivity contribution in [2.45, 2.75) is 32.3 Å². The number of ether oxygens (including phenoxy) is 1. The van der Waals surface area contributed by atoms with Gasteiger partial charge in [-0.05, 0) is 36.2 Å². The molecular formula is C18H18F3N3O. The number of amidine groups is 1. The highest BCUT2D eigenvalue weighted by molar-refractivity contribution is 5.89. The van der Waals surface area contributed by atoms with Gasteiger partial charge in [0.2, 0.25) is 0 Å². The van der Waals surface area contributed by atoms with E-state index in [1.165, 1.54) is 6.07 Å². The van der Waals surface area contributed by atoms with Crippen molar-refractivity contribution in [3.63, 3.8) is 0 Å². The van der Waals surface area contributed by atoms with Crippen LogP contribution in [0.3, 0.4) is 0 Å². The third-order valence-electron chi connectivity index (χ3n) is 3.91. The van der Waals surface area contributed by atoms with Crippen LogP contribution in [-0.4, -0.2) is 11.9 Å². The standard InChI is InChI=1S/C18H18F3N3O/c1-11-17(22)24-15-8-13(5-6-16(15)25-11)10-23-9-12-3-2-4-14(7-12)18(19,20)21/h2-8,11,23H,9-10H2,1H3,(H2,22,24). The van der Waals surface area contributed by atoms with E-state index in [-0.39, 0.29) is 6.10 Å². The van der Waals surface area contributed by atoms with Gasteiger partial charge in [-0.3, -0.25) is 0 Å². The Morgan fingerprint density at radius 2 is 1.84 bits per heavy atom. The average molecular weight is 349 g/mol. The highest BCUT2D eigenvalue weighted by Crippen LogP contribution is 2.33. The van der Waals surface area contributed by atoms with Crippen LogP contribution in [0.5, 0.6) is 5.75 Å². The summed E-state index contributed by atoms with van der Waals surface area (Å²) in [6.45, 7) is 2.65. The summed E-state index contributed by atoms with van der Waals surface area (Å²) in [6.07, 6.45) is -4.58. The van der Waals surface area contributed by atoms with Crippen LogP contribution in [0.25, 0.3) is 0 Å². The number of nitrogens with one attached hydrogen (secondary N) is 1. The summed E-state index contributed by atoms with van der Waals surface area (Å²) in [5.74, 6) is 1.09. The first-order valence-electron chi connectivity index (χ1n) is 7.83. The molecule has 0 saturated heterocycles. The van der Waals surface area contributed by atoms with Gasteiger partial charge in [-0.1, -0.05) is 24.3 Å². The summed E-state index contributed by atoms with van der Waals surface area (Å²) in [6, 6.07) is 10.9. The summed E-state index contributed by atoms with van der Waals surface area (Å²) in [5, 5.41) is 3.14. The molecule has 1 unspecified atom stereocenters. The molecule has 0 saturated carbocycles. The zero-order valence-electron chi connectivity index (χ0n) is 13.6. The van der Waals surface area contributed by atoms with E-state index in [1.54, 1.807) is 6.07 Å². The van der Waals surface area contributed by atoms with Gasteiger partial charge in [0.05, 0.1) is 5.56 Å². The molecule has 3 N–H and O–H groups in total. The first-order valence-corrected chi connectivity index (χ1v) is 7.83. The van der Waals surface area contributed by atoms with Crippen molar-refractivity contribution < 1.29 is 17.9 Å². The van der Waals surface area contributed by atoms with Crippen molar-refractivity contribution in [1.29, 1.82) is 0 Å². The second-order valence-corrected chi connectivity index (χ2v) is 5.90. The van der Waals surface area contributed by atoms with Crippen LogP contribution in [-0.2, 0) is 19.3 Å². The number of halogens is 3. The Balaban J connectivity index is 1.63. The number of alkyl halides is 3. The molecule has 25 heavy (non-hydrogen) atoms. The van der Waals surface area contributed by atoms with Gasteiger partial charge in [0, 0.05) is 13.1 Å². The molecule has 0 aromatic heterocycles. The summed E-state index contributed by atoms with van der Waals surface area (Å²) in [5.41, 5.74) is 7.33. The Morgan fingerprint density at radius 1 is 1.12 bits per heavy atom. The monoisotopic (exact) mass is 349 g/mol. The third-order valence-corrected chi connectivity index (χ3v) is 3.91. The fourth-order valence-corrected chi connectivity index (χ4v) is 2.55. The largest absolute Gasteiger partial charge is 0.481 e. The Hall–Kier alpha value is -2.54. The predicted molar refractivity (Wildman–Crippen MR) is 89.8 cm³/mol. The van der Waals surface area contributed by atoms with Crippen molar-refractivity contribution in [2.75, 3.05) is 0 Å². The van der Waals surface area contributed by atoms with Crippen LogP contribution in [0.15, 0.2) is 47.5 Å². The Kier molecular flexibility index (Phi) is 4.67. The maximum atomic E-state index is 12.7. The van der Waals surface area contributed by atoms with Crippen LogP contribution in [0, 0.1) is 0 Å². The van der Waals surface area contributed by atoms with E-state index >= 15 is 0 Å². The molecular weight excluding hydrogens is 331 g/mol. The topological polar surface area (TPSA) is 59.6 Å². The second-order valence-electron chi connectivity index (χ2n) is 5.90. The molecule has 0 amide bonds. The molecule has 2 aromatic rings. The lowest BCUT2D eigenvalue weighted by atomic mass is 10.1. The fraction of sp³-hybridized carbons (Fsp3) is 0.278. The predicted octanol–water partition coefficient (Wildman–Crippen LogP) is 3.76. The molecule has 1 heterocycles. The van der Waals surface area contributed by atoms with Crippen LogP contribution in [0.4, 0.5) is 18.9 Å². The van der Waals surface area contributed by atoms with Gasteiger partial charge in [0.15, 0.2) is 6.10 Å². The quantitative estimate of drug-likeness (QED) is 0.883. The minimum atomic E-state index is -4.33. The minimum absolute atomic E-state index is 0.252. The number of hydrogen-bond donors (Lipinski definition) is 2. The van der Waals surface area contributed by atoms with E-state index in [2.05, 4.69) is 10.3 Å². The van der Waals surface area contributed by atoms with Gasteiger partial charge in [0.25, 0.3) is 0 Å². The van der Waals surface area contributed by atoms with Crippen LogP contribution >= 0.6 is 0 Å². The van der Waals surface area contributed by atoms with Crippen molar-refractivity contribution in [3.8, 4) is 5.75 Å². The zero-order valence-corrected chi connectivity index (χ0v) is 13.6. The summed E-state index contributed by atoms with van der Waals surface area (Å²) < 4.78 is 43.8. The lowest BCUT2D eigenvalue weighted by molar-refractivity contribution is -0.137. The van der Waals surface area contributed by atoms with E-state index in [0.717, 1.165) is 17.7 Å². The number of benzene rings is 2. The van der Waals surface area contributed by atoms with Crippen molar-refractivity contribution in [1.82, 2.24) is 5.32 Å². The molecule has 132 valence electrons. The molecule has 0 bridgehead atoms.